The van der Waals surface area contributed by atoms with Gasteiger partial charge in [-0.1, -0.05) is 12.1 Å². The Bertz CT molecular complexity index is 339. The number of anilines is 1. The summed E-state index contributed by atoms with van der Waals surface area (Å²) in [7, 11) is 0. The first-order valence-corrected chi connectivity index (χ1v) is 4.85. The van der Waals surface area contributed by atoms with E-state index in [1.54, 1.807) is 12.1 Å². The SMILES string of the molecule is CC(=O)c1cccc(NCC(N)CO)c1. The smallest absolute Gasteiger partial charge is 0.159 e. The number of carbonyl (C=O) groups is 1. The molecule has 0 aromatic heterocycles. The van der Waals surface area contributed by atoms with Crippen LogP contribution in [0.25, 0.3) is 0 Å². The normalized spacial score (nSPS) is 12.2. The van der Waals surface area contributed by atoms with Crippen LogP contribution >= 0.6 is 0 Å². The fourth-order valence-electron chi connectivity index (χ4n) is 1.16. The molecule has 0 heterocycles. The van der Waals surface area contributed by atoms with E-state index in [4.69, 9.17) is 10.8 Å². The van der Waals surface area contributed by atoms with Gasteiger partial charge >= 0.3 is 0 Å². The van der Waals surface area contributed by atoms with Gasteiger partial charge in [0, 0.05) is 23.8 Å². The van der Waals surface area contributed by atoms with Crippen molar-refractivity contribution >= 4 is 11.5 Å². The molecule has 0 radical (unpaired) electrons. The monoisotopic (exact) mass is 208 g/mol. The lowest BCUT2D eigenvalue weighted by Crippen LogP contribution is -2.32. The lowest BCUT2D eigenvalue weighted by Gasteiger charge is -2.11. The van der Waals surface area contributed by atoms with Crippen LogP contribution in [0.15, 0.2) is 24.3 Å². The number of benzene rings is 1. The molecule has 0 aliphatic carbocycles. The summed E-state index contributed by atoms with van der Waals surface area (Å²) in [6.07, 6.45) is 0. The second kappa shape index (κ2) is 5.48. The molecule has 0 amide bonds. The molecule has 4 nitrogen and oxygen atoms in total. The molecule has 0 saturated carbocycles. The second-order valence-corrected chi connectivity index (χ2v) is 3.46. The van der Waals surface area contributed by atoms with Crippen LogP contribution in [0.4, 0.5) is 5.69 Å². The molecule has 1 aromatic rings. The van der Waals surface area contributed by atoms with Crippen molar-refractivity contribution < 1.29 is 9.90 Å². The number of nitrogens with one attached hydrogen (secondary N) is 1. The van der Waals surface area contributed by atoms with Gasteiger partial charge in [-0.25, -0.2) is 0 Å². The van der Waals surface area contributed by atoms with Crippen molar-refractivity contribution in [1.29, 1.82) is 0 Å². The van der Waals surface area contributed by atoms with Crippen LogP contribution in [0.2, 0.25) is 0 Å². The zero-order chi connectivity index (χ0) is 11.3. The number of hydrogen-bond donors (Lipinski definition) is 3. The molecule has 15 heavy (non-hydrogen) atoms. The first-order valence-electron chi connectivity index (χ1n) is 4.85. The maximum atomic E-state index is 11.1. The van der Waals surface area contributed by atoms with E-state index in [0.29, 0.717) is 12.1 Å². The fraction of sp³-hybridized carbons (Fsp3) is 0.364. The van der Waals surface area contributed by atoms with Gasteiger partial charge in [0.1, 0.15) is 0 Å². The fourth-order valence-corrected chi connectivity index (χ4v) is 1.16. The average Bonchev–Trinajstić information content (AvgIpc) is 2.26. The Morgan fingerprint density at radius 2 is 2.33 bits per heavy atom. The number of hydrogen-bond acceptors (Lipinski definition) is 4. The summed E-state index contributed by atoms with van der Waals surface area (Å²) in [5.41, 5.74) is 7.04. The van der Waals surface area contributed by atoms with Gasteiger partial charge in [-0.05, 0) is 19.1 Å². The third kappa shape index (κ3) is 3.69. The number of aliphatic hydroxyl groups excluding tert-OH is 1. The number of nitrogens with two attached hydrogens (primary N) is 1. The number of carbonyl (C=O) groups excluding carboxylic acids is 1. The van der Waals surface area contributed by atoms with E-state index in [9.17, 15) is 4.79 Å². The van der Waals surface area contributed by atoms with E-state index in [2.05, 4.69) is 5.32 Å². The van der Waals surface area contributed by atoms with Gasteiger partial charge in [-0.2, -0.15) is 0 Å². The summed E-state index contributed by atoms with van der Waals surface area (Å²) in [6, 6.07) is 6.91. The van der Waals surface area contributed by atoms with Crippen LogP contribution in [0.3, 0.4) is 0 Å². The van der Waals surface area contributed by atoms with E-state index in [1.165, 1.54) is 6.92 Å². The van der Waals surface area contributed by atoms with Crippen LogP contribution in [0.5, 0.6) is 0 Å². The third-order valence-electron chi connectivity index (χ3n) is 2.07. The molecule has 0 aliphatic rings. The van der Waals surface area contributed by atoms with Crippen LogP contribution < -0.4 is 11.1 Å². The highest BCUT2D eigenvalue weighted by molar-refractivity contribution is 5.94. The maximum Gasteiger partial charge on any atom is 0.159 e. The highest BCUT2D eigenvalue weighted by atomic mass is 16.3. The number of ketones is 1. The Morgan fingerprint density at radius 1 is 1.60 bits per heavy atom. The maximum absolute atomic E-state index is 11.1. The van der Waals surface area contributed by atoms with Crippen molar-refractivity contribution in [2.45, 2.75) is 13.0 Å². The lowest BCUT2D eigenvalue weighted by molar-refractivity contribution is 0.101. The van der Waals surface area contributed by atoms with Gasteiger partial charge in [-0.15, -0.1) is 0 Å². The van der Waals surface area contributed by atoms with Crippen molar-refractivity contribution in [3.63, 3.8) is 0 Å². The van der Waals surface area contributed by atoms with Gasteiger partial charge < -0.3 is 16.2 Å². The zero-order valence-corrected chi connectivity index (χ0v) is 8.73. The average molecular weight is 208 g/mol. The van der Waals surface area contributed by atoms with Crippen LogP contribution in [-0.2, 0) is 0 Å². The highest BCUT2D eigenvalue weighted by Gasteiger charge is 2.02. The Hall–Kier alpha value is -1.39. The van der Waals surface area contributed by atoms with Crippen molar-refractivity contribution in [3.05, 3.63) is 29.8 Å². The van der Waals surface area contributed by atoms with Crippen molar-refractivity contribution in [2.75, 3.05) is 18.5 Å². The summed E-state index contributed by atoms with van der Waals surface area (Å²) in [5.74, 6) is 0.0325. The molecule has 1 aromatic carbocycles. The topological polar surface area (TPSA) is 75.4 Å². The summed E-state index contributed by atoms with van der Waals surface area (Å²) in [6.45, 7) is 1.95. The first kappa shape index (κ1) is 11.7. The molecule has 1 rings (SSSR count). The van der Waals surface area contributed by atoms with E-state index in [-0.39, 0.29) is 18.4 Å². The number of Topliss-reactive ketones (excluding diaryl/α,β-unsaturated/α-hetero) is 1. The molecule has 1 atom stereocenters. The second-order valence-electron chi connectivity index (χ2n) is 3.46. The minimum atomic E-state index is -0.286. The summed E-state index contributed by atoms with van der Waals surface area (Å²) >= 11 is 0. The van der Waals surface area contributed by atoms with E-state index < -0.39 is 0 Å². The van der Waals surface area contributed by atoms with E-state index in [1.807, 2.05) is 12.1 Å². The predicted molar refractivity (Wildman–Crippen MR) is 60.0 cm³/mol. The predicted octanol–water partition coefficient (Wildman–Crippen LogP) is 0.621. The van der Waals surface area contributed by atoms with Gasteiger partial charge in [0.25, 0.3) is 0 Å². The quantitative estimate of drug-likeness (QED) is 0.620. The first-order chi connectivity index (χ1) is 7.13. The molecule has 0 bridgehead atoms. The van der Waals surface area contributed by atoms with Crippen LogP contribution in [0, 0.1) is 0 Å². The van der Waals surface area contributed by atoms with Crippen LogP contribution in [0.1, 0.15) is 17.3 Å². The van der Waals surface area contributed by atoms with Crippen molar-refractivity contribution in [2.24, 2.45) is 5.73 Å². The lowest BCUT2D eigenvalue weighted by atomic mass is 10.1. The summed E-state index contributed by atoms with van der Waals surface area (Å²) in [4.78, 5) is 11.1. The Morgan fingerprint density at radius 3 is 2.93 bits per heavy atom. The van der Waals surface area contributed by atoms with Gasteiger partial charge in [-0.3, -0.25) is 4.79 Å². The Balaban J connectivity index is 2.62. The molecule has 0 fully saturated rings. The number of rotatable bonds is 5. The zero-order valence-electron chi connectivity index (χ0n) is 8.73. The third-order valence-corrected chi connectivity index (χ3v) is 2.07. The minimum Gasteiger partial charge on any atom is -0.395 e. The van der Waals surface area contributed by atoms with E-state index in [0.717, 1.165) is 5.69 Å². The Labute approximate surface area is 89.1 Å². The van der Waals surface area contributed by atoms with Gasteiger partial charge in [0.2, 0.25) is 0 Å². The van der Waals surface area contributed by atoms with Gasteiger partial charge in [0.15, 0.2) is 5.78 Å². The van der Waals surface area contributed by atoms with E-state index >= 15 is 0 Å². The molecular weight excluding hydrogens is 192 g/mol. The molecule has 4 N–H and O–H groups in total. The van der Waals surface area contributed by atoms with Crippen molar-refractivity contribution in [1.82, 2.24) is 0 Å². The van der Waals surface area contributed by atoms with Gasteiger partial charge in [0.05, 0.1) is 6.61 Å². The number of aliphatic hydroxyl groups is 1. The molecule has 82 valence electrons. The molecule has 0 spiro atoms. The summed E-state index contributed by atoms with van der Waals surface area (Å²) in [5, 5.41) is 11.8. The van der Waals surface area contributed by atoms with Crippen molar-refractivity contribution in [3.8, 4) is 0 Å². The van der Waals surface area contributed by atoms with Crippen LogP contribution in [-0.4, -0.2) is 30.1 Å². The summed E-state index contributed by atoms with van der Waals surface area (Å²) < 4.78 is 0. The Kier molecular flexibility index (Phi) is 4.27. The molecular formula is C11H16N2O2. The molecule has 4 heteroatoms. The largest absolute Gasteiger partial charge is 0.395 e. The minimum absolute atomic E-state index is 0.0325. The molecule has 0 saturated heterocycles. The molecule has 1 unspecified atom stereocenters. The molecule has 0 aliphatic heterocycles. The highest BCUT2D eigenvalue weighted by Crippen LogP contribution is 2.10. The standard InChI is InChI=1S/C11H16N2O2/c1-8(15)9-3-2-4-11(5-9)13-6-10(12)7-14/h2-5,10,13-14H,6-7,12H2,1H3.